The predicted octanol–water partition coefficient (Wildman–Crippen LogP) is 3.92. The number of hydrogen-bond acceptors (Lipinski definition) is 2. The fraction of sp³-hybridized carbons (Fsp3) is 0.600. The molecule has 18 heavy (non-hydrogen) atoms. The van der Waals surface area contributed by atoms with Crippen molar-refractivity contribution in [1.82, 2.24) is 0 Å². The largest absolute Gasteiger partial charge is 0.496 e. The molecule has 102 valence electrons. The maximum absolute atomic E-state index is 9.55. The summed E-state index contributed by atoms with van der Waals surface area (Å²) in [7, 11) is 1.66. The van der Waals surface area contributed by atoms with Gasteiger partial charge in [0.05, 0.1) is 13.7 Å². The summed E-state index contributed by atoms with van der Waals surface area (Å²) in [5.74, 6) is 0.825. The van der Waals surface area contributed by atoms with Crippen molar-refractivity contribution in [2.24, 2.45) is 0 Å². The Morgan fingerprint density at radius 3 is 2.00 bits per heavy atom. The van der Waals surface area contributed by atoms with E-state index in [2.05, 4.69) is 20.8 Å². The SMILES string of the molecule is COc1c(C(C)(C)C)cc(Cl)cc1C(C)(C)CO. The summed E-state index contributed by atoms with van der Waals surface area (Å²) in [6, 6.07) is 3.82. The molecule has 0 amide bonds. The summed E-state index contributed by atoms with van der Waals surface area (Å²) < 4.78 is 5.58. The lowest BCUT2D eigenvalue weighted by Gasteiger charge is -2.30. The summed E-state index contributed by atoms with van der Waals surface area (Å²) >= 11 is 6.21. The molecule has 1 aromatic carbocycles. The third-order valence-corrected chi connectivity index (χ3v) is 3.41. The summed E-state index contributed by atoms with van der Waals surface area (Å²) in [5.41, 5.74) is 1.58. The molecule has 0 unspecified atom stereocenters. The van der Waals surface area contributed by atoms with E-state index in [4.69, 9.17) is 16.3 Å². The molecular weight excluding hydrogens is 248 g/mol. The van der Waals surface area contributed by atoms with Gasteiger partial charge in [0.15, 0.2) is 0 Å². The third kappa shape index (κ3) is 2.99. The van der Waals surface area contributed by atoms with Gasteiger partial charge in [0, 0.05) is 21.6 Å². The van der Waals surface area contributed by atoms with E-state index < -0.39 is 0 Å². The number of aliphatic hydroxyl groups is 1. The lowest BCUT2D eigenvalue weighted by molar-refractivity contribution is 0.214. The van der Waals surface area contributed by atoms with Crippen LogP contribution in [0.15, 0.2) is 12.1 Å². The molecule has 3 heteroatoms. The molecule has 0 atom stereocenters. The number of ether oxygens (including phenoxy) is 1. The Balaban J connectivity index is 3.58. The van der Waals surface area contributed by atoms with Gasteiger partial charge in [-0.05, 0) is 17.5 Å². The second-order valence-electron chi connectivity index (χ2n) is 6.33. The lowest BCUT2D eigenvalue weighted by atomic mass is 9.79. The van der Waals surface area contributed by atoms with Gasteiger partial charge in [-0.15, -0.1) is 0 Å². The maximum atomic E-state index is 9.55. The molecule has 0 aliphatic rings. The van der Waals surface area contributed by atoms with Gasteiger partial charge >= 0.3 is 0 Å². The zero-order chi connectivity index (χ0) is 14.1. The lowest BCUT2D eigenvalue weighted by Crippen LogP contribution is -2.25. The molecule has 0 aromatic heterocycles. The zero-order valence-electron chi connectivity index (χ0n) is 12.1. The average Bonchev–Trinajstić information content (AvgIpc) is 2.26. The molecule has 0 saturated heterocycles. The standard InChI is InChI=1S/C15H23ClO2/c1-14(2,3)11-7-10(16)8-12(13(11)18-6)15(4,5)9-17/h7-8,17H,9H2,1-6H3. The fourth-order valence-electron chi connectivity index (χ4n) is 1.96. The Morgan fingerprint density at radius 1 is 1.11 bits per heavy atom. The van der Waals surface area contributed by atoms with E-state index in [1.807, 2.05) is 26.0 Å². The second kappa shape index (κ2) is 5.10. The highest BCUT2D eigenvalue weighted by atomic mass is 35.5. The van der Waals surface area contributed by atoms with Crippen LogP contribution in [-0.4, -0.2) is 18.8 Å². The quantitative estimate of drug-likeness (QED) is 0.902. The number of halogens is 1. The van der Waals surface area contributed by atoms with Gasteiger partial charge in [0.1, 0.15) is 5.75 Å². The van der Waals surface area contributed by atoms with Crippen molar-refractivity contribution >= 4 is 11.6 Å². The van der Waals surface area contributed by atoms with Crippen LogP contribution in [0.1, 0.15) is 45.7 Å². The van der Waals surface area contributed by atoms with Crippen LogP contribution in [0.4, 0.5) is 0 Å². The molecule has 0 aliphatic heterocycles. The number of benzene rings is 1. The van der Waals surface area contributed by atoms with Crippen LogP contribution in [0.3, 0.4) is 0 Å². The molecule has 0 bridgehead atoms. The highest BCUT2D eigenvalue weighted by Crippen LogP contribution is 2.41. The van der Waals surface area contributed by atoms with E-state index >= 15 is 0 Å². The molecule has 1 rings (SSSR count). The van der Waals surface area contributed by atoms with Crippen molar-refractivity contribution in [2.75, 3.05) is 13.7 Å². The summed E-state index contributed by atoms with van der Waals surface area (Å²) in [4.78, 5) is 0. The smallest absolute Gasteiger partial charge is 0.126 e. The van der Waals surface area contributed by atoms with Crippen molar-refractivity contribution in [2.45, 2.75) is 45.4 Å². The van der Waals surface area contributed by atoms with E-state index in [1.165, 1.54) is 0 Å². The first-order chi connectivity index (χ1) is 8.13. The normalized spacial score (nSPS) is 12.7. The molecule has 0 heterocycles. The molecule has 0 saturated carbocycles. The third-order valence-electron chi connectivity index (χ3n) is 3.19. The van der Waals surface area contributed by atoms with Crippen molar-refractivity contribution < 1.29 is 9.84 Å². The summed E-state index contributed by atoms with van der Waals surface area (Å²) in [5, 5.41) is 10.2. The molecule has 2 nitrogen and oxygen atoms in total. The van der Waals surface area contributed by atoms with Crippen molar-refractivity contribution in [3.8, 4) is 5.75 Å². The molecule has 0 spiro atoms. The fourth-order valence-corrected chi connectivity index (χ4v) is 2.18. The number of hydrogen-bond donors (Lipinski definition) is 1. The second-order valence-corrected chi connectivity index (χ2v) is 6.76. The molecule has 0 aliphatic carbocycles. The van der Waals surface area contributed by atoms with E-state index in [9.17, 15) is 5.11 Å². The number of aliphatic hydroxyl groups excluding tert-OH is 1. The van der Waals surface area contributed by atoms with Gasteiger partial charge < -0.3 is 9.84 Å². The Labute approximate surface area is 115 Å². The Bertz CT molecular complexity index is 431. The van der Waals surface area contributed by atoms with E-state index in [0.717, 1.165) is 16.9 Å². The Kier molecular flexibility index (Phi) is 4.34. The molecular formula is C15H23ClO2. The predicted molar refractivity (Wildman–Crippen MR) is 76.8 cm³/mol. The Hall–Kier alpha value is -0.730. The van der Waals surface area contributed by atoms with Gasteiger partial charge in [-0.2, -0.15) is 0 Å². The monoisotopic (exact) mass is 270 g/mol. The number of methoxy groups -OCH3 is 1. The molecule has 0 fully saturated rings. The minimum Gasteiger partial charge on any atom is -0.496 e. The van der Waals surface area contributed by atoms with Gasteiger partial charge in [0.2, 0.25) is 0 Å². The van der Waals surface area contributed by atoms with E-state index in [1.54, 1.807) is 7.11 Å². The average molecular weight is 271 g/mol. The maximum Gasteiger partial charge on any atom is 0.126 e. The van der Waals surface area contributed by atoms with Crippen LogP contribution in [0.25, 0.3) is 0 Å². The van der Waals surface area contributed by atoms with E-state index in [0.29, 0.717) is 5.02 Å². The summed E-state index contributed by atoms with van der Waals surface area (Å²) in [6.07, 6.45) is 0. The van der Waals surface area contributed by atoms with Gasteiger partial charge in [-0.1, -0.05) is 46.2 Å². The highest BCUT2D eigenvalue weighted by Gasteiger charge is 2.29. The molecule has 0 radical (unpaired) electrons. The van der Waals surface area contributed by atoms with E-state index in [-0.39, 0.29) is 17.4 Å². The van der Waals surface area contributed by atoms with Crippen LogP contribution in [0.5, 0.6) is 5.75 Å². The van der Waals surface area contributed by atoms with Crippen molar-refractivity contribution in [3.63, 3.8) is 0 Å². The minimum absolute atomic E-state index is 0.0489. The first-order valence-corrected chi connectivity index (χ1v) is 6.50. The van der Waals surface area contributed by atoms with Crippen LogP contribution < -0.4 is 4.74 Å². The molecule has 1 N–H and O–H groups in total. The van der Waals surface area contributed by atoms with Gasteiger partial charge in [0.25, 0.3) is 0 Å². The Morgan fingerprint density at radius 2 is 1.61 bits per heavy atom. The minimum atomic E-state index is -0.379. The van der Waals surface area contributed by atoms with Crippen molar-refractivity contribution in [1.29, 1.82) is 0 Å². The van der Waals surface area contributed by atoms with Gasteiger partial charge in [-0.3, -0.25) is 0 Å². The summed E-state index contributed by atoms with van der Waals surface area (Å²) in [6.45, 7) is 10.4. The first kappa shape index (κ1) is 15.3. The number of rotatable bonds is 3. The topological polar surface area (TPSA) is 29.5 Å². The molecule has 1 aromatic rings. The van der Waals surface area contributed by atoms with Crippen LogP contribution >= 0.6 is 11.6 Å². The van der Waals surface area contributed by atoms with Crippen LogP contribution in [-0.2, 0) is 10.8 Å². The zero-order valence-corrected chi connectivity index (χ0v) is 12.9. The van der Waals surface area contributed by atoms with Crippen molar-refractivity contribution in [3.05, 3.63) is 28.3 Å². The van der Waals surface area contributed by atoms with Crippen LogP contribution in [0.2, 0.25) is 5.02 Å². The van der Waals surface area contributed by atoms with Gasteiger partial charge in [-0.25, -0.2) is 0 Å². The first-order valence-electron chi connectivity index (χ1n) is 6.13. The highest BCUT2D eigenvalue weighted by molar-refractivity contribution is 6.30. The van der Waals surface area contributed by atoms with Crippen LogP contribution in [0, 0.1) is 0 Å².